The van der Waals surface area contributed by atoms with Crippen molar-refractivity contribution in [3.05, 3.63) is 11.9 Å². The van der Waals surface area contributed by atoms with E-state index in [2.05, 4.69) is 49.8 Å². The zero-order valence-corrected chi connectivity index (χ0v) is 12.2. The number of rotatable bonds is 6. The Bertz CT molecular complexity index is 401. The molecule has 0 aliphatic carbocycles. The van der Waals surface area contributed by atoms with E-state index in [1.807, 2.05) is 10.9 Å². The van der Waals surface area contributed by atoms with E-state index in [1.54, 1.807) is 0 Å². The molecule has 100 valence electrons. The highest BCUT2D eigenvalue weighted by Crippen LogP contribution is 2.10. The molecule has 0 fully saturated rings. The van der Waals surface area contributed by atoms with Crippen molar-refractivity contribution in [1.29, 1.82) is 0 Å². The fourth-order valence-corrected chi connectivity index (χ4v) is 1.60. The molecule has 0 bridgehead atoms. The number of nitrogens with zero attached hydrogens (tertiary/aromatic N) is 3. The Hall–Kier alpha value is -1.30. The lowest BCUT2D eigenvalue weighted by molar-refractivity contribution is 0.532. The van der Waals surface area contributed by atoms with E-state index in [4.69, 9.17) is 0 Å². The minimum Gasteiger partial charge on any atom is -0.252 e. The van der Waals surface area contributed by atoms with E-state index < -0.39 is 0 Å². The molecule has 1 rings (SSSR count). The summed E-state index contributed by atoms with van der Waals surface area (Å²) in [5.74, 6) is 6.52. The van der Waals surface area contributed by atoms with Gasteiger partial charge < -0.3 is 0 Å². The van der Waals surface area contributed by atoms with Crippen LogP contribution in [0.3, 0.4) is 0 Å². The Morgan fingerprint density at radius 1 is 1.22 bits per heavy atom. The van der Waals surface area contributed by atoms with Crippen LogP contribution in [0.4, 0.5) is 0 Å². The first kappa shape index (κ1) is 14.8. The second-order valence-corrected chi connectivity index (χ2v) is 5.69. The van der Waals surface area contributed by atoms with Crippen LogP contribution in [0, 0.1) is 17.3 Å². The first-order valence-corrected chi connectivity index (χ1v) is 6.90. The minimum absolute atomic E-state index is 0.136. The Labute approximate surface area is 111 Å². The number of aromatic nitrogens is 3. The van der Waals surface area contributed by atoms with Crippen LogP contribution in [0.1, 0.15) is 59.1 Å². The van der Waals surface area contributed by atoms with Gasteiger partial charge in [-0.1, -0.05) is 24.5 Å². The molecular weight excluding hydrogens is 222 g/mol. The molecule has 0 saturated carbocycles. The first-order valence-electron chi connectivity index (χ1n) is 6.90. The van der Waals surface area contributed by atoms with Gasteiger partial charge in [0.15, 0.2) is 0 Å². The van der Waals surface area contributed by atoms with Gasteiger partial charge >= 0.3 is 0 Å². The normalized spacial score (nSPS) is 11.1. The van der Waals surface area contributed by atoms with Gasteiger partial charge in [-0.05, 0) is 40.0 Å². The minimum atomic E-state index is 0.136. The quantitative estimate of drug-likeness (QED) is 0.569. The molecule has 3 heteroatoms. The maximum atomic E-state index is 4.09. The van der Waals surface area contributed by atoms with Crippen LogP contribution >= 0.6 is 0 Å². The number of unbranched alkanes of at least 4 members (excludes halogenated alkanes) is 3. The number of hydrogen-bond donors (Lipinski definition) is 0. The monoisotopic (exact) mass is 247 g/mol. The summed E-state index contributed by atoms with van der Waals surface area (Å²) in [5.41, 5.74) is 1.21. The number of hydrogen-bond acceptors (Lipinski definition) is 2. The van der Waals surface area contributed by atoms with Crippen molar-refractivity contribution < 1.29 is 0 Å². The van der Waals surface area contributed by atoms with Gasteiger partial charge in [-0.3, -0.25) is 4.68 Å². The second-order valence-electron chi connectivity index (χ2n) is 5.69. The van der Waals surface area contributed by atoms with Gasteiger partial charge in [-0.15, -0.1) is 11.0 Å². The smallest absolute Gasteiger partial charge is 0.0824 e. The highest BCUT2D eigenvalue weighted by Gasteiger charge is 2.02. The zero-order chi connectivity index (χ0) is 13.4. The predicted molar refractivity (Wildman–Crippen MR) is 75.1 cm³/mol. The third-order valence-corrected chi connectivity index (χ3v) is 2.60. The van der Waals surface area contributed by atoms with E-state index in [9.17, 15) is 0 Å². The van der Waals surface area contributed by atoms with Gasteiger partial charge in [-0.2, -0.15) is 0 Å². The molecule has 0 amide bonds. The summed E-state index contributed by atoms with van der Waals surface area (Å²) in [5, 5.41) is 8.17. The molecule has 0 atom stereocenters. The van der Waals surface area contributed by atoms with Crippen molar-refractivity contribution >= 4 is 0 Å². The van der Waals surface area contributed by atoms with Gasteiger partial charge in [0.1, 0.15) is 0 Å². The van der Waals surface area contributed by atoms with Gasteiger partial charge in [-0.25, -0.2) is 0 Å². The third-order valence-electron chi connectivity index (χ3n) is 2.60. The molecule has 18 heavy (non-hydrogen) atoms. The van der Waals surface area contributed by atoms with Crippen LogP contribution in [0.2, 0.25) is 0 Å². The SMILES string of the molecule is CCc1cn(CCCCCC#CC(C)(C)C)nn1. The van der Waals surface area contributed by atoms with Crippen LogP contribution in [-0.2, 0) is 13.0 Å². The molecule has 0 saturated heterocycles. The summed E-state index contributed by atoms with van der Waals surface area (Å²) < 4.78 is 1.94. The van der Waals surface area contributed by atoms with E-state index in [1.165, 1.54) is 12.8 Å². The molecule has 0 unspecified atom stereocenters. The Kier molecular flexibility index (Phi) is 5.91. The highest BCUT2D eigenvalue weighted by molar-refractivity contribution is 5.06. The molecule has 0 aliphatic rings. The molecule has 1 aromatic rings. The van der Waals surface area contributed by atoms with Gasteiger partial charge in [0.05, 0.1) is 5.69 Å². The Balaban J connectivity index is 2.10. The first-order chi connectivity index (χ1) is 8.51. The van der Waals surface area contributed by atoms with E-state index in [0.717, 1.165) is 31.5 Å². The summed E-state index contributed by atoms with van der Waals surface area (Å²) in [6, 6.07) is 0. The third kappa shape index (κ3) is 6.44. The lowest BCUT2D eigenvalue weighted by atomic mass is 9.98. The molecule has 0 aliphatic heterocycles. The summed E-state index contributed by atoms with van der Waals surface area (Å²) in [7, 11) is 0. The molecule has 1 aromatic heterocycles. The fourth-order valence-electron chi connectivity index (χ4n) is 1.60. The van der Waals surface area contributed by atoms with Gasteiger partial charge in [0.2, 0.25) is 0 Å². The molecule has 3 nitrogen and oxygen atoms in total. The molecule has 0 N–H and O–H groups in total. The number of aryl methyl sites for hydroxylation is 2. The Morgan fingerprint density at radius 3 is 2.61 bits per heavy atom. The Morgan fingerprint density at radius 2 is 2.00 bits per heavy atom. The average Bonchev–Trinajstić information content (AvgIpc) is 2.74. The van der Waals surface area contributed by atoms with Crippen LogP contribution < -0.4 is 0 Å². The molecule has 0 aromatic carbocycles. The summed E-state index contributed by atoms with van der Waals surface area (Å²) >= 11 is 0. The van der Waals surface area contributed by atoms with Crippen molar-refractivity contribution in [2.75, 3.05) is 0 Å². The van der Waals surface area contributed by atoms with Crippen LogP contribution in [0.25, 0.3) is 0 Å². The van der Waals surface area contributed by atoms with Crippen molar-refractivity contribution in [3.8, 4) is 11.8 Å². The maximum Gasteiger partial charge on any atom is 0.0824 e. The second kappa shape index (κ2) is 7.20. The van der Waals surface area contributed by atoms with Crippen molar-refractivity contribution in [2.24, 2.45) is 5.41 Å². The van der Waals surface area contributed by atoms with Crippen LogP contribution in [0.15, 0.2) is 6.20 Å². The molecular formula is C15H25N3. The van der Waals surface area contributed by atoms with Crippen molar-refractivity contribution in [2.45, 2.75) is 66.3 Å². The summed E-state index contributed by atoms with van der Waals surface area (Å²) in [6.45, 7) is 9.52. The zero-order valence-electron chi connectivity index (χ0n) is 12.2. The fraction of sp³-hybridized carbons (Fsp3) is 0.733. The van der Waals surface area contributed by atoms with Gasteiger partial charge in [0.25, 0.3) is 0 Å². The summed E-state index contributed by atoms with van der Waals surface area (Å²) in [4.78, 5) is 0. The summed E-state index contributed by atoms with van der Waals surface area (Å²) in [6.07, 6.45) is 7.55. The standard InChI is InChI=1S/C15H25N3/c1-5-14-13-18(17-16-14)12-10-8-6-7-9-11-15(2,3)4/h13H,5-8,10,12H2,1-4H3. The van der Waals surface area contributed by atoms with Crippen LogP contribution in [-0.4, -0.2) is 15.0 Å². The van der Waals surface area contributed by atoms with Gasteiger partial charge in [0, 0.05) is 24.6 Å². The largest absolute Gasteiger partial charge is 0.252 e. The molecule has 0 spiro atoms. The lowest BCUT2D eigenvalue weighted by Crippen LogP contribution is -1.99. The average molecular weight is 247 g/mol. The van der Waals surface area contributed by atoms with Crippen molar-refractivity contribution in [3.63, 3.8) is 0 Å². The van der Waals surface area contributed by atoms with E-state index in [0.29, 0.717) is 0 Å². The van der Waals surface area contributed by atoms with Crippen molar-refractivity contribution in [1.82, 2.24) is 15.0 Å². The van der Waals surface area contributed by atoms with Crippen LogP contribution in [0.5, 0.6) is 0 Å². The van der Waals surface area contributed by atoms with E-state index in [-0.39, 0.29) is 5.41 Å². The molecule has 1 heterocycles. The molecule has 0 radical (unpaired) electrons. The highest BCUT2D eigenvalue weighted by atomic mass is 15.4. The van der Waals surface area contributed by atoms with E-state index >= 15 is 0 Å². The maximum absolute atomic E-state index is 4.09. The predicted octanol–water partition coefficient (Wildman–Crippen LogP) is 3.45. The lowest BCUT2D eigenvalue weighted by Gasteiger charge is -2.06. The topological polar surface area (TPSA) is 30.7 Å².